The van der Waals surface area contributed by atoms with Crippen molar-refractivity contribution in [3.05, 3.63) is 71.5 Å². The summed E-state index contributed by atoms with van der Waals surface area (Å²) in [5.41, 5.74) is 2.14. The van der Waals surface area contributed by atoms with Gasteiger partial charge in [0.2, 0.25) is 11.8 Å². The number of hydrogen-bond donors (Lipinski definition) is 1. The van der Waals surface area contributed by atoms with Gasteiger partial charge in [-0.1, -0.05) is 42.5 Å². The minimum Gasteiger partial charge on any atom is -0.355 e. The third-order valence-electron chi connectivity index (χ3n) is 5.01. The highest BCUT2D eigenvalue weighted by molar-refractivity contribution is 5.82. The summed E-state index contributed by atoms with van der Waals surface area (Å²) in [6.07, 6.45) is 2.48. The van der Waals surface area contributed by atoms with Crippen LogP contribution in [0.25, 0.3) is 0 Å². The molecule has 27 heavy (non-hydrogen) atoms. The van der Waals surface area contributed by atoms with Crippen LogP contribution in [-0.4, -0.2) is 36.3 Å². The highest BCUT2D eigenvalue weighted by Gasteiger charge is 2.30. The van der Waals surface area contributed by atoms with E-state index in [4.69, 9.17) is 0 Å². The Balaban J connectivity index is 1.38. The van der Waals surface area contributed by atoms with Gasteiger partial charge in [-0.2, -0.15) is 0 Å². The molecule has 2 aromatic carbocycles. The minimum absolute atomic E-state index is 0.0276. The van der Waals surface area contributed by atoms with Crippen molar-refractivity contribution in [2.24, 2.45) is 5.92 Å². The van der Waals surface area contributed by atoms with Crippen LogP contribution in [0.5, 0.6) is 0 Å². The molecule has 2 aromatic rings. The standard InChI is InChI=1S/C22H25FN2O2/c23-20-9-6-18(7-10-20)8-11-21(26)25-15-13-19(16-25)22(27)24-14-12-17-4-2-1-3-5-17/h1-7,9-10,19H,8,11-16H2,(H,24,27)/t19-/m0/s1. The molecule has 0 aromatic heterocycles. The number of carbonyl (C=O) groups is 2. The van der Waals surface area contributed by atoms with Crippen LogP contribution in [0.3, 0.4) is 0 Å². The van der Waals surface area contributed by atoms with Crippen molar-refractivity contribution in [3.8, 4) is 0 Å². The topological polar surface area (TPSA) is 49.4 Å². The van der Waals surface area contributed by atoms with Crippen LogP contribution in [0.4, 0.5) is 4.39 Å². The molecule has 1 aliphatic rings. The Hall–Kier alpha value is -2.69. The Bertz CT molecular complexity index is 762. The number of nitrogens with one attached hydrogen (secondary N) is 1. The quantitative estimate of drug-likeness (QED) is 0.817. The Morgan fingerprint density at radius 1 is 1.00 bits per heavy atom. The SMILES string of the molecule is O=C(NCCc1ccccc1)[C@H]1CCN(C(=O)CCc2ccc(F)cc2)C1. The number of halogens is 1. The van der Waals surface area contributed by atoms with E-state index in [1.165, 1.54) is 17.7 Å². The number of likely N-dealkylation sites (tertiary alicyclic amines) is 1. The van der Waals surface area contributed by atoms with Crippen molar-refractivity contribution in [3.63, 3.8) is 0 Å². The lowest BCUT2D eigenvalue weighted by Gasteiger charge is -2.16. The molecule has 5 heteroatoms. The first-order chi connectivity index (χ1) is 13.1. The van der Waals surface area contributed by atoms with Crippen LogP contribution in [0.15, 0.2) is 54.6 Å². The number of rotatable bonds is 7. The molecule has 0 spiro atoms. The molecule has 0 aliphatic carbocycles. The zero-order valence-electron chi connectivity index (χ0n) is 15.4. The summed E-state index contributed by atoms with van der Waals surface area (Å²) >= 11 is 0. The molecule has 4 nitrogen and oxygen atoms in total. The number of carbonyl (C=O) groups excluding carboxylic acids is 2. The summed E-state index contributed by atoms with van der Waals surface area (Å²) in [5.74, 6) is -0.319. The van der Waals surface area contributed by atoms with E-state index in [0.29, 0.717) is 38.9 Å². The van der Waals surface area contributed by atoms with E-state index in [2.05, 4.69) is 5.32 Å². The second kappa shape index (κ2) is 9.31. The summed E-state index contributed by atoms with van der Waals surface area (Å²) in [6, 6.07) is 16.3. The normalized spacial score (nSPS) is 16.3. The van der Waals surface area contributed by atoms with Gasteiger partial charge in [0.1, 0.15) is 5.82 Å². The van der Waals surface area contributed by atoms with E-state index in [0.717, 1.165) is 12.0 Å². The lowest BCUT2D eigenvalue weighted by molar-refractivity contribution is -0.130. The fourth-order valence-electron chi connectivity index (χ4n) is 3.38. The molecule has 1 heterocycles. The third kappa shape index (κ3) is 5.64. The first-order valence-electron chi connectivity index (χ1n) is 9.45. The second-order valence-electron chi connectivity index (χ2n) is 6.98. The van der Waals surface area contributed by atoms with Crippen molar-refractivity contribution in [1.82, 2.24) is 10.2 Å². The second-order valence-corrected chi connectivity index (χ2v) is 6.98. The zero-order chi connectivity index (χ0) is 19.1. The van der Waals surface area contributed by atoms with Gasteiger partial charge in [0.05, 0.1) is 5.92 Å². The predicted molar refractivity (Wildman–Crippen MR) is 103 cm³/mol. The van der Waals surface area contributed by atoms with Gasteiger partial charge in [-0.25, -0.2) is 4.39 Å². The summed E-state index contributed by atoms with van der Waals surface area (Å²) in [4.78, 5) is 26.5. The number of aryl methyl sites for hydroxylation is 1. The predicted octanol–water partition coefficient (Wildman–Crippen LogP) is 2.97. The molecule has 0 bridgehead atoms. The van der Waals surface area contributed by atoms with Gasteiger partial charge in [0.15, 0.2) is 0 Å². The van der Waals surface area contributed by atoms with Crippen molar-refractivity contribution in [2.75, 3.05) is 19.6 Å². The van der Waals surface area contributed by atoms with E-state index in [1.54, 1.807) is 17.0 Å². The molecule has 1 saturated heterocycles. The molecule has 3 rings (SSSR count). The molecule has 1 N–H and O–H groups in total. The van der Waals surface area contributed by atoms with E-state index >= 15 is 0 Å². The average molecular weight is 368 g/mol. The summed E-state index contributed by atoms with van der Waals surface area (Å²) in [7, 11) is 0. The van der Waals surface area contributed by atoms with Gasteiger partial charge < -0.3 is 10.2 Å². The first-order valence-corrected chi connectivity index (χ1v) is 9.45. The molecular formula is C22H25FN2O2. The minimum atomic E-state index is -0.272. The van der Waals surface area contributed by atoms with Crippen LogP contribution in [0, 0.1) is 11.7 Å². The molecule has 1 aliphatic heterocycles. The van der Waals surface area contributed by atoms with Gasteiger partial charge in [0, 0.05) is 26.1 Å². The molecule has 0 saturated carbocycles. The molecule has 1 fully saturated rings. The highest BCUT2D eigenvalue weighted by Crippen LogP contribution is 2.18. The summed E-state index contributed by atoms with van der Waals surface area (Å²) in [5, 5.41) is 2.98. The number of amides is 2. The Labute approximate surface area is 159 Å². The van der Waals surface area contributed by atoms with E-state index in [1.807, 2.05) is 30.3 Å². The smallest absolute Gasteiger partial charge is 0.224 e. The van der Waals surface area contributed by atoms with Gasteiger partial charge in [-0.3, -0.25) is 9.59 Å². The lowest BCUT2D eigenvalue weighted by Crippen LogP contribution is -2.35. The highest BCUT2D eigenvalue weighted by atomic mass is 19.1. The van der Waals surface area contributed by atoms with Gasteiger partial charge in [0.25, 0.3) is 0 Å². The van der Waals surface area contributed by atoms with Gasteiger partial charge in [-0.15, -0.1) is 0 Å². The van der Waals surface area contributed by atoms with E-state index in [9.17, 15) is 14.0 Å². The zero-order valence-corrected chi connectivity index (χ0v) is 15.4. The number of hydrogen-bond acceptors (Lipinski definition) is 2. The van der Waals surface area contributed by atoms with Crippen LogP contribution < -0.4 is 5.32 Å². The maximum Gasteiger partial charge on any atom is 0.224 e. The maximum atomic E-state index is 12.9. The molecule has 142 valence electrons. The number of benzene rings is 2. The van der Waals surface area contributed by atoms with E-state index in [-0.39, 0.29) is 23.5 Å². The largest absolute Gasteiger partial charge is 0.355 e. The van der Waals surface area contributed by atoms with Crippen molar-refractivity contribution in [1.29, 1.82) is 0 Å². The van der Waals surface area contributed by atoms with Crippen LogP contribution in [-0.2, 0) is 22.4 Å². The fraction of sp³-hybridized carbons (Fsp3) is 0.364. The molecule has 0 unspecified atom stereocenters. The van der Waals surface area contributed by atoms with Crippen LogP contribution >= 0.6 is 0 Å². The fourth-order valence-corrected chi connectivity index (χ4v) is 3.38. The van der Waals surface area contributed by atoms with Crippen LogP contribution in [0.2, 0.25) is 0 Å². The monoisotopic (exact) mass is 368 g/mol. The Morgan fingerprint density at radius 2 is 1.70 bits per heavy atom. The third-order valence-corrected chi connectivity index (χ3v) is 5.01. The van der Waals surface area contributed by atoms with Crippen molar-refractivity contribution in [2.45, 2.75) is 25.7 Å². The first kappa shape index (κ1) is 19.1. The van der Waals surface area contributed by atoms with Crippen molar-refractivity contribution >= 4 is 11.8 Å². The molecule has 0 radical (unpaired) electrons. The average Bonchev–Trinajstić information content (AvgIpc) is 3.18. The van der Waals surface area contributed by atoms with Gasteiger partial charge in [-0.05, 0) is 42.5 Å². The maximum absolute atomic E-state index is 12.9. The molecule has 1 atom stereocenters. The summed E-state index contributed by atoms with van der Waals surface area (Å²) < 4.78 is 12.9. The van der Waals surface area contributed by atoms with E-state index < -0.39 is 0 Å². The van der Waals surface area contributed by atoms with Crippen molar-refractivity contribution < 1.29 is 14.0 Å². The Kier molecular flexibility index (Phi) is 6.58. The lowest BCUT2D eigenvalue weighted by atomic mass is 10.1. The Morgan fingerprint density at radius 3 is 2.44 bits per heavy atom. The summed E-state index contributed by atoms with van der Waals surface area (Å²) in [6.45, 7) is 1.72. The molecular weight excluding hydrogens is 343 g/mol. The molecule has 2 amide bonds. The number of nitrogens with zero attached hydrogens (tertiary/aromatic N) is 1. The van der Waals surface area contributed by atoms with Crippen LogP contribution in [0.1, 0.15) is 24.0 Å². The van der Waals surface area contributed by atoms with Gasteiger partial charge >= 0.3 is 0 Å².